The molecule has 194 valence electrons. The van der Waals surface area contributed by atoms with Crippen molar-refractivity contribution in [3.8, 4) is 0 Å². The van der Waals surface area contributed by atoms with Crippen LogP contribution in [0.2, 0.25) is 0 Å². The van der Waals surface area contributed by atoms with E-state index in [4.69, 9.17) is 18.9 Å². The average molecular weight is 499 g/mol. The number of ketones is 1. The molecule has 3 fully saturated rings. The van der Waals surface area contributed by atoms with Crippen LogP contribution >= 0.6 is 0 Å². The van der Waals surface area contributed by atoms with Crippen LogP contribution in [0.3, 0.4) is 0 Å². The van der Waals surface area contributed by atoms with E-state index in [1.807, 2.05) is 19.1 Å². The van der Waals surface area contributed by atoms with Crippen molar-refractivity contribution in [1.82, 2.24) is 0 Å². The van der Waals surface area contributed by atoms with E-state index in [0.717, 1.165) is 12.0 Å². The molecular weight excluding hydrogens is 464 g/mol. The third-order valence-electron chi connectivity index (χ3n) is 9.53. The van der Waals surface area contributed by atoms with Crippen LogP contribution in [0.4, 0.5) is 0 Å². The number of carbonyl (C=O) groups is 4. The summed E-state index contributed by atoms with van der Waals surface area (Å²) in [5, 5.41) is 0. The number of allylic oxidation sites excluding steroid dienone is 3. The summed E-state index contributed by atoms with van der Waals surface area (Å²) >= 11 is 0. The van der Waals surface area contributed by atoms with Crippen molar-refractivity contribution in [2.75, 3.05) is 6.61 Å². The van der Waals surface area contributed by atoms with Crippen molar-refractivity contribution in [2.24, 2.45) is 22.7 Å². The van der Waals surface area contributed by atoms with Gasteiger partial charge in [0.15, 0.2) is 12.2 Å². The average Bonchev–Trinajstić information content (AvgIpc) is 3.46. The molecule has 0 radical (unpaired) electrons. The maximum Gasteiger partial charge on any atom is 0.308 e. The number of hydrogen-bond donors (Lipinski definition) is 0. The Balaban J connectivity index is 1.51. The smallest absolute Gasteiger partial charge is 0.308 e. The number of hydrogen-bond acceptors (Lipinski definition) is 8. The first-order valence-corrected chi connectivity index (χ1v) is 12.8. The summed E-state index contributed by atoms with van der Waals surface area (Å²) in [5.41, 5.74) is -1.77. The normalized spacial score (nSPS) is 41.4. The number of carbonyl (C=O) groups excluding carboxylic acids is 4. The van der Waals surface area contributed by atoms with Crippen LogP contribution in [-0.4, -0.2) is 47.6 Å². The molecule has 0 aromatic heterocycles. The molecule has 0 amide bonds. The lowest BCUT2D eigenvalue weighted by Gasteiger charge is -2.55. The Morgan fingerprint density at radius 3 is 2.53 bits per heavy atom. The maximum absolute atomic E-state index is 13.6. The van der Waals surface area contributed by atoms with Crippen molar-refractivity contribution < 1.29 is 38.1 Å². The van der Waals surface area contributed by atoms with E-state index in [2.05, 4.69) is 19.1 Å². The summed E-state index contributed by atoms with van der Waals surface area (Å²) < 4.78 is 23.0. The number of esters is 3. The van der Waals surface area contributed by atoms with Gasteiger partial charge in [0.2, 0.25) is 5.78 Å². The lowest BCUT2D eigenvalue weighted by Crippen LogP contribution is -2.62. The van der Waals surface area contributed by atoms with Crippen LogP contribution in [0.15, 0.2) is 35.6 Å². The molecule has 0 aromatic carbocycles. The van der Waals surface area contributed by atoms with E-state index in [9.17, 15) is 19.2 Å². The number of rotatable bonds is 6. The van der Waals surface area contributed by atoms with E-state index in [1.54, 1.807) is 6.92 Å². The molecule has 0 aromatic rings. The first kappa shape index (κ1) is 24.9. The first-order chi connectivity index (χ1) is 16.9. The molecule has 1 heterocycles. The van der Waals surface area contributed by atoms with Gasteiger partial charge in [0.05, 0.1) is 6.10 Å². The number of fused-ring (bicyclic) bond motifs is 3. The summed E-state index contributed by atoms with van der Waals surface area (Å²) in [7, 11) is 0. The number of Topliss-reactive ketones (excluding diaryl/α,β-unsaturated/α-hetero) is 1. The van der Waals surface area contributed by atoms with Crippen LogP contribution in [0.25, 0.3) is 0 Å². The molecule has 8 heteroatoms. The minimum absolute atomic E-state index is 0.0732. The molecule has 0 N–H and O–H groups in total. The van der Waals surface area contributed by atoms with Gasteiger partial charge in [-0.15, -0.1) is 0 Å². The zero-order valence-electron chi connectivity index (χ0n) is 21.6. The molecule has 4 aliphatic carbocycles. The van der Waals surface area contributed by atoms with Crippen LogP contribution < -0.4 is 0 Å². The van der Waals surface area contributed by atoms with Gasteiger partial charge in [-0.25, -0.2) is 0 Å². The molecule has 7 atom stereocenters. The van der Waals surface area contributed by atoms with Crippen LogP contribution in [0.5, 0.6) is 0 Å². The maximum atomic E-state index is 13.6. The molecule has 0 bridgehead atoms. The molecule has 1 aliphatic heterocycles. The Morgan fingerprint density at radius 1 is 1.11 bits per heavy atom. The molecule has 5 rings (SSSR count). The highest BCUT2D eigenvalue weighted by molar-refractivity contribution is 5.93. The van der Waals surface area contributed by atoms with E-state index in [1.165, 1.54) is 13.8 Å². The predicted molar refractivity (Wildman–Crippen MR) is 127 cm³/mol. The Labute approximate surface area is 211 Å². The molecule has 0 unspecified atom stereocenters. The summed E-state index contributed by atoms with van der Waals surface area (Å²) in [6.07, 6.45) is 10.5. The molecule has 2 saturated carbocycles. The van der Waals surface area contributed by atoms with Gasteiger partial charge in [0.1, 0.15) is 11.4 Å². The summed E-state index contributed by atoms with van der Waals surface area (Å²) in [6.45, 7) is 8.14. The minimum Gasteiger partial charge on any atom is -0.458 e. The molecule has 1 saturated heterocycles. The molecule has 5 aliphatic rings. The Bertz CT molecular complexity index is 1130. The van der Waals surface area contributed by atoms with E-state index in [0.29, 0.717) is 25.0 Å². The van der Waals surface area contributed by atoms with Crippen molar-refractivity contribution in [1.29, 1.82) is 0 Å². The molecule has 8 nitrogen and oxygen atoms in total. The molecule has 1 spiro atoms. The second-order valence-corrected chi connectivity index (χ2v) is 11.2. The summed E-state index contributed by atoms with van der Waals surface area (Å²) in [4.78, 5) is 49.1. The lowest BCUT2D eigenvalue weighted by molar-refractivity contribution is -0.188. The van der Waals surface area contributed by atoms with Crippen molar-refractivity contribution in [3.05, 3.63) is 35.6 Å². The van der Waals surface area contributed by atoms with Gasteiger partial charge in [-0.1, -0.05) is 26.0 Å². The zero-order valence-corrected chi connectivity index (χ0v) is 21.6. The summed E-state index contributed by atoms with van der Waals surface area (Å²) in [5.74, 6) is -0.993. The van der Waals surface area contributed by atoms with Gasteiger partial charge >= 0.3 is 17.9 Å². The summed E-state index contributed by atoms with van der Waals surface area (Å²) in [6, 6.07) is 0. The van der Waals surface area contributed by atoms with Gasteiger partial charge < -0.3 is 18.9 Å². The van der Waals surface area contributed by atoms with Crippen molar-refractivity contribution in [2.45, 2.75) is 84.0 Å². The second kappa shape index (κ2) is 8.13. The quantitative estimate of drug-likeness (QED) is 0.310. The molecular formula is C28H34O8. The highest BCUT2D eigenvalue weighted by Gasteiger charge is 2.81. The van der Waals surface area contributed by atoms with Crippen LogP contribution in [0.1, 0.15) is 66.7 Å². The highest BCUT2D eigenvalue weighted by Crippen LogP contribution is 2.75. The molecule has 36 heavy (non-hydrogen) atoms. The van der Waals surface area contributed by atoms with Crippen molar-refractivity contribution in [3.63, 3.8) is 0 Å². The van der Waals surface area contributed by atoms with Crippen LogP contribution in [0, 0.1) is 22.7 Å². The third-order valence-corrected chi connectivity index (χ3v) is 9.53. The monoisotopic (exact) mass is 498 g/mol. The van der Waals surface area contributed by atoms with Gasteiger partial charge in [0, 0.05) is 31.1 Å². The fraction of sp³-hybridized carbons (Fsp3) is 0.643. The van der Waals surface area contributed by atoms with E-state index >= 15 is 0 Å². The van der Waals surface area contributed by atoms with Crippen molar-refractivity contribution >= 4 is 23.7 Å². The van der Waals surface area contributed by atoms with Gasteiger partial charge in [-0.2, -0.15) is 0 Å². The van der Waals surface area contributed by atoms with Crippen LogP contribution in [-0.2, 0) is 38.1 Å². The zero-order chi connectivity index (χ0) is 26.1. The Kier molecular flexibility index (Phi) is 5.63. The fourth-order valence-corrected chi connectivity index (χ4v) is 7.85. The largest absolute Gasteiger partial charge is 0.458 e. The van der Waals surface area contributed by atoms with E-state index < -0.39 is 40.6 Å². The van der Waals surface area contributed by atoms with E-state index in [-0.39, 0.29) is 36.1 Å². The predicted octanol–water partition coefficient (Wildman–Crippen LogP) is 3.74. The fourth-order valence-electron chi connectivity index (χ4n) is 7.85. The number of epoxide rings is 1. The first-order valence-electron chi connectivity index (χ1n) is 12.8. The Morgan fingerprint density at radius 2 is 1.86 bits per heavy atom. The standard InChI is InChI=1S/C28H34O8/c1-6-24(32)36-27(22(31)15-33-16(2)29)12-10-20-21-8-7-18-13-19(34-17(3)30)9-11-25(18,4)28(21)23(35-28)14-26(20,27)5/h7,9,11,13,20-21,23H,6,8,10,12,14-15H2,1-5H3/t20-,21-,23-,25-,26-,27-,28+/m0/s1. The number of ether oxygens (including phenoxy) is 4. The van der Waals surface area contributed by atoms with Gasteiger partial charge in [-0.05, 0) is 62.2 Å². The SMILES string of the molecule is CCC(=O)O[C@]1(C(=O)COC(C)=O)CC[C@H]2[C@@H]3CC=C4C=C(OC(C)=O)C=C[C@]4(C)[C@@]34O[C@H]4C[C@@]21C. The lowest BCUT2D eigenvalue weighted by atomic mass is 9.48. The Hall–Kier alpha value is -2.74. The minimum atomic E-state index is -1.35. The highest BCUT2D eigenvalue weighted by atomic mass is 16.6. The topological polar surface area (TPSA) is 109 Å². The second-order valence-electron chi connectivity index (χ2n) is 11.2. The van der Waals surface area contributed by atoms with Gasteiger partial charge in [0.25, 0.3) is 0 Å². The van der Waals surface area contributed by atoms with Gasteiger partial charge in [-0.3, -0.25) is 19.2 Å². The third kappa shape index (κ3) is 3.22.